The fourth-order valence-electron chi connectivity index (χ4n) is 1.38. The topological polar surface area (TPSA) is 72.3 Å². The number of nitrogens with one attached hydrogen (secondary N) is 1. The van der Waals surface area contributed by atoms with Gasteiger partial charge in [0.05, 0.1) is 12.8 Å². The number of carbonyl (C=O) groups is 1. The number of aromatic nitrogens is 4. The first kappa shape index (κ1) is 11.7. The number of nitrogens with zero attached hydrogens (tertiary/aromatic N) is 3. The molecular weight excluding hydrogens is 240 g/mol. The zero-order chi connectivity index (χ0) is 12.6. The Morgan fingerprint density at radius 3 is 2.82 bits per heavy atom. The van der Waals surface area contributed by atoms with Gasteiger partial charge in [0.15, 0.2) is 0 Å². The van der Waals surface area contributed by atoms with E-state index in [1.807, 2.05) is 13.8 Å². The zero-order valence-electron chi connectivity index (χ0n) is 9.72. The number of carbonyl (C=O) groups excluding carboxylic acids is 1. The Kier molecular flexibility index (Phi) is 2.93. The molecular formula is C10H12N4O2S. The molecule has 0 saturated carbocycles. The maximum atomic E-state index is 11.3. The van der Waals surface area contributed by atoms with E-state index in [1.165, 1.54) is 11.6 Å². The average molecular weight is 252 g/mol. The molecule has 2 rings (SSSR count). The van der Waals surface area contributed by atoms with Crippen LogP contribution in [0.3, 0.4) is 0 Å². The summed E-state index contributed by atoms with van der Waals surface area (Å²) in [4.78, 5) is 19.7. The number of ether oxygens (including phenoxy) is 1. The van der Waals surface area contributed by atoms with Crippen molar-refractivity contribution in [3.63, 3.8) is 0 Å². The summed E-state index contributed by atoms with van der Waals surface area (Å²) in [5.74, 6) is 0.171. The standard InChI is InChI=1S/C10H12N4O2S/c1-5(2)6-4-7(17)14-10(11-6)12-8(13-14)9(15)16-3/h4-5H,1-3H3,(H,11,12,13). The lowest BCUT2D eigenvalue weighted by Crippen LogP contribution is -2.03. The molecule has 2 aromatic rings. The minimum atomic E-state index is -0.545. The lowest BCUT2D eigenvalue weighted by Gasteiger charge is -2.03. The predicted octanol–water partition coefficient (Wildman–Crippen LogP) is 1.70. The summed E-state index contributed by atoms with van der Waals surface area (Å²) >= 11 is 5.20. The van der Waals surface area contributed by atoms with Crippen LogP contribution in [0.5, 0.6) is 0 Å². The van der Waals surface area contributed by atoms with Gasteiger partial charge in [-0.15, -0.1) is 0 Å². The van der Waals surface area contributed by atoms with Crippen molar-refractivity contribution in [2.24, 2.45) is 0 Å². The molecule has 0 atom stereocenters. The Balaban J connectivity index is 2.65. The summed E-state index contributed by atoms with van der Waals surface area (Å²) < 4.78 is 6.58. The fourth-order valence-corrected chi connectivity index (χ4v) is 1.63. The normalized spacial score (nSPS) is 11.1. The van der Waals surface area contributed by atoms with Crippen LogP contribution in [0.2, 0.25) is 0 Å². The van der Waals surface area contributed by atoms with Crippen LogP contribution in [0.4, 0.5) is 0 Å². The van der Waals surface area contributed by atoms with E-state index < -0.39 is 5.97 Å². The summed E-state index contributed by atoms with van der Waals surface area (Å²) in [6, 6.07) is 1.78. The van der Waals surface area contributed by atoms with Gasteiger partial charge in [0.25, 0.3) is 5.78 Å². The smallest absolute Gasteiger partial charge is 0.375 e. The van der Waals surface area contributed by atoms with E-state index in [0.717, 1.165) is 5.69 Å². The van der Waals surface area contributed by atoms with Crippen molar-refractivity contribution in [1.82, 2.24) is 19.6 Å². The number of rotatable bonds is 2. The lowest BCUT2D eigenvalue weighted by atomic mass is 10.1. The molecule has 0 unspecified atom stereocenters. The Morgan fingerprint density at radius 1 is 1.53 bits per heavy atom. The molecule has 2 heterocycles. The van der Waals surface area contributed by atoms with Crippen molar-refractivity contribution in [1.29, 1.82) is 0 Å². The van der Waals surface area contributed by atoms with Crippen LogP contribution >= 0.6 is 12.2 Å². The Hall–Kier alpha value is -1.76. The predicted molar refractivity (Wildman–Crippen MR) is 63.6 cm³/mol. The summed E-state index contributed by atoms with van der Waals surface area (Å²) in [7, 11) is 1.29. The summed E-state index contributed by atoms with van der Waals surface area (Å²) in [6.07, 6.45) is 0. The van der Waals surface area contributed by atoms with Crippen molar-refractivity contribution in [2.75, 3.05) is 7.11 Å². The van der Waals surface area contributed by atoms with E-state index in [2.05, 4.69) is 19.8 Å². The summed E-state index contributed by atoms with van der Waals surface area (Å²) in [6.45, 7) is 4.03. The van der Waals surface area contributed by atoms with Gasteiger partial charge in [-0.05, 0) is 12.0 Å². The highest BCUT2D eigenvalue weighted by Crippen LogP contribution is 2.12. The fraction of sp³-hybridized carbons (Fsp3) is 0.400. The molecule has 7 heteroatoms. The minimum absolute atomic E-state index is 0.0898. The van der Waals surface area contributed by atoms with Crippen LogP contribution in [0.15, 0.2) is 6.07 Å². The lowest BCUT2D eigenvalue weighted by molar-refractivity contribution is 0.0587. The molecule has 2 aromatic heterocycles. The van der Waals surface area contributed by atoms with Gasteiger partial charge in [-0.2, -0.15) is 4.98 Å². The summed E-state index contributed by atoms with van der Waals surface area (Å²) in [5.41, 5.74) is 0.845. The monoisotopic (exact) mass is 252 g/mol. The van der Waals surface area contributed by atoms with E-state index in [-0.39, 0.29) is 11.7 Å². The number of hydrogen-bond acceptors (Lipinski definition) is 5. The minimum Gasteiger partial charge on any atom is -0.463 e. The van der Waals surface area contributed by atoms with Gasteiger partial charge < -0.3 is 4.74 Å². The van der Waals surface area contributed by atoms with Gasteiger partial charge in [0.2, 0.25) is 5.82 Å². The van der Waals surface area contributed by atoms with Gasteiger partial charge in [-0.1, -0.05) is 26.1 Å². The van der Waals surface area contributed by atoms with E-state index in [0.29, 0.717) is 10.4 Å². The quantitative estimate of drug-likeness (QED) is 0.650. The molecule has 6 nitrogen and oxygen atoms in total. The molecule has 1 N–H and O–H groups in total. The highest BCUT2D eigenvalue weighted by molar-refractivity contribution is 7.71. The maximum Gasteiger partial charge on any atom is 0.375 e. The highest BCUT2D eigenvalue weighted by atomic mass is 32.1. The van der Waals surface area contributed by atoms with E-state index in [4.69, 9.17) is 12.2 Å². The largest absolute Gasteiger partial charge is 0.463 e. The molecule has 0 aromatic carbocycles. The number of aromatic amines is 1. The molecule has 90 valence electrons. The first-order valence-corrected chi connectivity index (χ1v) is 5.51. The third-order valence-corrected chi connectivity index (χ3v) is 2.62. The Labute approximate surface area is 103 Å². The van der Waals surface area contributed by atoms with Crippen LogP contribution < -0.4 is 0 Å². The number of esters is 1. The third-order valence-electron chi connectivity index (χ3n) is 2.32. The van der Waals surface area contributed by atoms with Crippen LogP contribution in [-0.2, 0) is 4.74 Å². The average Bonchev–Trinajstić information content (AvgIpc) is 2.72. The molecule has 0 bridgehead atoms. The maximum absolute atomic E-state index is 11.3. The molecule has 17 heavy (non-hydrogen) atoms. The molecule has 0 aliphatic heterocycles. The van der Waals surface area contributed by atoms with Crippen LogP contribution in [0, 0.1) is 4.64 Å². The van der Waals surface area contributed by atoms with Crippen LogP contribution in [0.1, 0.15) is 36.1 Å². The van der Waals surface area contributed by atoms with Gasteiger partial charge in [0.1, 0.15) is 4.64 Å². The first-order valence-electron chi connectivity index (χ1n) is 5.11. The first-order chi connectivity index (χ1) is 8.02. The van der Waals surface area contributed by atoms with Crippen LogP contribution in [-0.4, -0.2) is 32.7 Å². The highest BCUT2D eigenvalue weighted by Gasteiger charge is 2.13. The van der Waals surface area contributed by atoms with Crippen molar-refractivity contribution in [2.45, 2.75) is 19.8 Å². The third kappa shape index (κ3) is 2.05. The molecule has 0 radical (unpaired) electrons. The molecule has 0 saturated heterocycles. The molecule has 0 aliphatic rings. The second-order valence-electron chi connectivity index (χ2n) is 3.87. The molecule has 0 spiro atoms. The van der Waals surface area contributed by atoms with Gasteiger partial charge in [-0.3, -0.25) is 5.10 Å². The van der Waals surface area contributed by atoms with Crippen molar-refractivity contribution >= 4 is 24.0 Å². The second kappa shape index (κ2) is 4.25. The van der Waals surface area contributed by atoms with Crippen molar-refractivity contribution in [3.05, 3.63) is 22.2 Å². The zero-order valence-corrected chi connectivity index (χ0v) is 10.5. The number of H-pyrrole nitrogens is 1. The Morgan fingerprint density at radius 2 is 2.24 bits per heavy atom. The summed E-state index contributed by atoms with van der Waals surface area (Å²) in [5, 5.41) is 2.75. The second-order valence-corrected chi connectivity index (χ2v) is 4.29. The Bertz CT molecular complexity index is 629. The molecule has 0 aliphatic carbocycles. The van der Waals surface area contributed by atoms with Gasteiger partial charge in [-0.25, -0.2) is 14.3 Å². The van der Waals surface area contributed by atoms with Gasteiger partial charge in [0, 0.05) is 0 Å². The molecule has 0 fully saturated rings. The van der Waals surface area contributed by atoms with Gasteiger partial charge >= 0.3 is 5.97 Å². The van der Waals surface area contributed by atoms with Crippen molar-refractivity contribution < 1.29 is 9.53 Å². The SMILES string of the molecule is COC(=O)c1nc2nc(C(C)C)cc(=S)n2[nH]1. The van der Waals surface area contributed by atoms with Crippen molar-refractivity contribution in [3.8, 4) is 0 Å². The number of fused-ring (bicyclic) bond motifs is 1. The molecule has 0 amide bonds. The van der Waals surface area contributed by atoms with Crippen LogP contribution in [0.25, 0.3) is 5.78 Å². The van der Waals surface area contributed by atoms with E-state index in [1.54, 1.807) is 6.07 Å². The van der Waals surface area contributed by atoms with E-state index >= 15 is 0 Å². The van der Waals surface area contributed by atoms with E-state index in [9.17, 15) is 4.79 Å². The number of methoxy groups -OCH3 is 1. The number of hydrogen-bond donors (Lipinski definition) is 1.